The van der Waals surface area contributed by atoms with Crippen molar-refractivity contribution in [3.05, 3.63) is 63.6 Å². The third-order valence-electron chi connectivity index (χ3n) is 3.54. The molecular formula is C17H19NO3. The minimum Gasteiger partial charge on any atom is -0.497 e. The van der Waals surface area contributed by atoms with Gasteiger partial charge in [-0.1, -0.05) is 19.1 Å². The monoisotopic (exact) mass is 285 g/mol. The summed E-state index contributed by atoms with van der Waals surface area (Å²) in [4.78, 5) is 24.1. The van der Waals surface area contributed by atoms with E-state index in [9.17, 15) is 9.59 Å². The first-order valence-electron chi connectivity index (χ1n) is 6.93. The highest BCUT2D eigenvalue weighted by Crippen LogP contribution is 2.12. The maximum absolute atomic E-state index is 12.3. The molecule has 1 heterocycles. The lowest BCUT2D eigenvalue weighted by molar-refractivity contribution is 0.0987. The fourth-order valence-electron chi connectivity index (χ4n) is 2.23. The largest absolute Gasteiger partial charge is 0.497 e. The standard InChI is InChI=1S/C17H19NO3/c1-4-16(19)15-9-10-18(17(20)12(15)2)11-13-5-7-14(21-3)8-6-13/h5-10H,4,11H2,1-3H3. The molecule has 0 unspecified atom stereocenters. The molecule has 0 fully saturated rings. The molecule has 0 aliphatic heterocycles. The van der Waals surface area contributed by atoms with E-state index in [0.717, 1.165) is 11.3 Å². The molecule has 0 amide bonds. The zero-order chi connectivity index (χ0) is 15.4. The molecule has 0 radical (unpaired) electrons. The second-order valence-corrected chi connectivity index (χ2v) is 4.91. The number of ketones is 1. The molecule has 0 aliphatic rings. The Morgan fingerprint density at radius 2 is 1.86 bits per heavy atom. The van der Waals surface area contributed by atoms with E-state index in [2.05, 4.69) is 0 Å². The molecule has 4 heteroatoms. The maximum Gasteiger partial charge on any atom is 0.254 e. The van der Waals surface area contributed by atoms with E-state index >= 15 is 0 Å². The predicted molar refractivity (Wildman–Crippen MR) is 82.2 cm³/mol. The molecule has 0 saturated heterocycles. The van der Waals surface area contributed by atoms with Gasteiger partial charge in [-0.25, -0.2) is 0 Å². The van der Waals surface area contributed by atoms with Crippen molar-refractivity contribution in [3.8, 4) is 5.75 Å². The summed E-state index contributed by atoms with van der Waals surface area (Å²) in [6.07, 6.45) is 2.09. The van der Waals surface area contributed by atoms with Crippen LogP contribution in [-0.2, 0) is 6.54 Å². The number of methoxy groups -OCH3 is 1. The summed E-state index contributed by atoms with van der Waals surface area (Å²) in [7, 11) is 1.62. The van der Waals surface area contributed by atoms with Gasteiger partial charge >= 0.3 is 0 Å². The highest BCUT2D eigenvalue weighted by Gasteiger charge is 2.11. The van der Waals surface area contributed by atoms with E-state index < -0.39 is 0 Å². The van der Waals surface area contributed by atoms with Crippen molar-refractivity contribution in [1.82, 2.24) is 4.57 Å². The first-order valence-corrected chi connectivity index (χ1v) is 6.93. The lowest BCUT2D eigenvalue weighted by atomic mass is 10.1. The van der Waals surface area contributed by atoms with E-state index in [4.69, 9.17) is 4.74 Å². The average Bonchev–Trinajstić information content (AvgIpc) is 2.52. The summed E-state index contributed by atoms with van der Waals surface area (Å²) in [6, 6.07) is 9.30. The number of carbonyl (C=O) groups excluding carboxylic acids is 1. The fourth-order valence-corrected chi connectivity index (χ4v) is 2.23. The van der Waals surface area contributed by atoms with E-state index in [1.165, 1.54) is 0 Å². The van der Waals surface area contributed by atoms with Crippen LogP contribution in [0.2, 0.25) is 0 Å². The summed E-state index contributed by atoms with van der Waals surface area (Å²) in [5.41, 5.74) is 1.92. The molecule has 110 valence electrons. The summed E-state index contributed by atoms with van der Waals surface area (Å²) in [5.74, 6) is 0.785. The van der Waals surface area contributed by atoms with Crippen molar-refractivity contribution in [2.24, 2.45) is 0 Å². The summed E-state index contributed by atoms with van der Waals surface area (Å²) < 4.78 is 6.73. The number of hydrogen-bond donors (Lipinski definition) is 0. The molecule has 0 spiro atoms. The molecule has 0 aliphatic carbocycles. The average molecular weight is 285 g/mol. The molecule has 0 saturated carbocycles. The van der Waals surface area contributed by atoms with Crippen LogP contribution in [0.4, 0.5) is 0 Å². The molecule has 0 N–H and O–H groups in total. The molecule has 1 aromatic heterocycles. The molecule has 0 atom stereocenters. The normalized spacial score (nSPS) is 10.4. The molecular weight excluding hydrogens is 266 g/mol. The zero-order valence-electron chi connectivity index (χ0n) is 12.6. The summed E-state index contributed by atoms with van der Waals surface area (Å²) in [6.45, 7) is 3.98. The number of pyridine rings is 1. The van der Waals surface area contributed by atoms with Crippen molar-refractivity contribution < 1.29 is 9.53 Å². The fraction of sp³-hybridized carbons (Fsp3) is 0.294. The number of rotatable bonds is 5. The number of nitrogens with zero attached hydrogens (tertiary/aromatic N) is 1. The number of hydrogen-bond acceptors (Lipinski definition) is 3. The third kappa shape index (κ3) is 3.21. The number of ether oxygens (including phenoxy) is 1. The number of benzene rings is 1. The Kier molecular flexibility index (Phi) is 4.58. The van der Waals surface area contributed by atoms with E-state index in [-0.39, 0.29) is 11.3 Å². The summed E-state index contributed by atoms with van der Waals surface area (Å²) in [5, 5.41) is 0. The highest BCUT2D eigenvalue weighted by molar-refractivity contribution is 5.96. The second-order valence-electron chi connectivity index (χ2n) is 4.91. The van der Waals surface area contributed by atoms with Crippen LogP contribution >= 0.6 is 0 Å². The van der Waals surface area contributed by atoms with Crippen LogP contribution in [0, 0.1) is 6.92 Å². The van der Waals surface area contributed by atoms with Crippen LogP contribution < -0.4 is 10.3 Å². The van der Waals surface area contributed by atoms with Crippen molar-refractivity contribution in [1.29, 1.82) is 0 Å². The quantitative estimate of drug-likeness (QED) is 0.794. The molecule has 21 heavy (non-hydrogen) atoms. The van der Waals surface area contributed by atoms with Crippen LogP contribution in [-0.4, -0.2) is 17.5 Å². The molecule has 1 aromatic carbocycles. The lowest BCUT2D eigenvalue weighted by Gasteiger charge is -2.10. The maximum atomic E-state index is 12.3. The van der Waals surface area contributed by atoms with Gasteiger partial charge in [-0.15, -0.1) is 0 Å². The topological polar surface area (TPSA) is 48.3 Å². The highest BCUT2D eigenvalue weighted by atomic mass is 16.5. The van der Waals surface area contributed by atoms with Crippen LogP contribution in [0.25, 0.3) is 0 Å². The van der Waals surface area contributed by atoms with Crippen molar-refractivity contribution in [2.75, 3.05) is 7.11 Å². The van der Waals surface area contributed by atoms with Gasteiger partial charge in [-0.3, -0.25) is 9.59 Å². The predicted octanol–water partition coefficient (Wildman–Crippen LogP) is 2.81. The van der Waals surface area contributed by atoms with Gasteiger partial charge in [0.05, 0.1) is 13.7 Å². The summed E-state index contributed by atoms with van der Waals surface area (Å²) >= 11 is 0. The Labute approximate surface area is 124 Å². The van der Waals surface area contributed by atoms with Gasteiger partial charge in [0.25, 0.3) is 5.56 Å². The van der Waals surface area contributed by atoms with E-state index in [0.29, 0.717) is 24.1 Å². The number of Topliss-reactive ketones (excluding diaryl/α,β-unsaturated/α-hetero) is 1. The number of aromatic nitrogens is 1. The first kappa shape index (κ1) is 15.0. The number of carbonyl (C=O) groups is 1. The second kappa shape index (κ2) is 6.39. The third-order valence-corrected chi connectivity index (χ3v) is 3.54. The van der Waals surface area contributed by atoms with Gasteiger partial charge in [0, 0.05) is 23.7 Å². The van der Waals surface area contributed by atoms with Gasteiger partial charge in [-0.2, -0.15) is 0 Å². The van der Waals surface area contributed by atoms with Crippen molar-refractivity contribution >= 4 is 5.78 Å². The van der Waals surface area contributed by atoms with Gasteiger partial charge < -0.3 is 9.30 Å². The SMILES string of the molecule is CCC(=O)c1ccn(Cc2ccc(OC)cc2)c(=O)c1C. The lowest BCUT2D eigenvalue weighted by Crippen LogP contribution is -2.24. The Morgan fingerprint density at radius 3 is 2.43 bits per heavy atom. The van der Waals surface area contributed by atoms with E-state index in [1.807, 2.05) is 24.3 Å². The molecule has 2 rings (SSSR count). The van der Waals surface area contributed by atoms with Crippen LogP contribution in [0.15, 0.2) is 41.3 Å². The first-order chi connectivity index (χ1) is 10.1. The van der Waals surface area contributed by atoms with Crippen LogP contribution in [0.1, 0.15) is 34.8 Å². The van der Waals surface area contributed by atoms with Crippen molar-refractivity contribution in [3.63, 3.8) is 0 Å². The Morgan fingerprint density at radius 1 is 1.19 bits per heavy atom. The van der Waals surface area contributed by atoms with Gasteiger partial charge in [0.15, 0.2) is 5.78 Å². The van der Waals surface area contributed by atoms with Crippen LogP contribution in [0.5, 0.6) is 5.75 Å². The minimum absolute atomic E-state index is 0.00111. The molecule has 0 bridgehead atoms. The zero-order valence-corrected chi connectivity index (χ0v) is 12.6. The smallest absolute Gasteiger partial charge is 0.254 e. The Hall–Kier alpha value is -2.36. The minimum atomic E-state index is -0.120. The molecule has 4 nitrogen and oxygen atoms in total. The van der Waals surface area contributed by atoms with Crippen LogP contribution in [0.3, 0.4) is 0 Å². The van der Waals surface area contributed by atoms with Gasteiger partial charge in [0.1, 0.15) is 5.75 Å². The van der Waals surface area contributed by atoms with Gasteiger partial charge in [-0.05, 0) is 30.7 Å². The Balaban J connectivity index is 2.30. The molecule has 2 aromatic rings. The van der Waals surface area contributed by atoms with Crippen molar-refractivity contribution in [2.45, 2.75) is 26.8 Å². The van der Waals surface area contributed by atoms with Gasteiger partial charge in [0.2, 0.25) is 0 Å². The van der Waals surface area contributed by atoms with E-state index in [1.54, 1.807) is 37.8 Å². The Bertz CT molecular complexity index is 699.